The molecule has 0 unspecified atom stereocenters. The van der Waals surface area contributed by atoms with E-state index < -0.39 is 0 Å². The molecule has 33 heavy (non-hydrogen) atoms. The highest BCUT2D eigenvalue weighted by Gasteiger charge is 2.32. The second-order valence-corrected chi connectivity index (χ2v) is 8.90. The van der Waals surface area contributed by atoms with E-state index in [4.69, 9.17) is 5.26 Å². The van der Waals surface area contributed by atoms with Gasteiger partial charge in [0, 0.05) is 42.7 Å². The lowest BCUT2D eigenvalue weighted by Gasteiger charge is -2.21. The molecule has 1 fully saturated rings. The number of aromatic amines is 1. The first-order valence-corrected chi connectivity index (χ1v) is 11.3. The monoisotopic (exact) mass is 438 g/mol. The van der Waals surface area contributed by atoms with Crippen molar-refractivity contribution >= 4 is 16.8 Å². The molecule has 2 aromatic carbocycles. The molecule has 166 valence electrons. The lowest BCUT2D eigenvalue weighted by molar-refractivity contribution is -0.131. The Bertz CT molecular complexity index is 1320. The maximum absolute atomic E-state index is 12.9. The van der Waals surface area contributed by atoms with Crippen molar-refractivity contribution in [2.45, 2.75) is 38.8 Å². The first kappa shape index (κ1) is 21.0. The fourth-order valence-electron chi connectivity index (χ4n) is 4.88. The molecule has 1 aliphatic heterocycles. The van der Waals surface area contributed by atoms with Gasteiger partial charge >= 0.3 is 0 Å². The fraction of sp³-hybridized carbons (Fsp3) is 0.308. The van der Waals surface area contributed by atoms with Crippen molar-refractivity contribution in [3.05, 3.63) is 72.2 Å². The van der Waals surface area contributed by atoms with E-state index in [1.807, 2.05) is 41.7 Å². The maximum Gasteiger partial charge on any atom is 0.223 e. The molecule has 2 atom stereocenters. The Balaban J connectivity index is 1.22. The topological polar surface area (TPSA) is 90.6 Å². The van der Waals surface area contributed by atoms with Crippen molar-refractivity contribution in [3.8, 4) is 17.2 Å². The van der Waals surface area contributed by atoms with Crippen LogP contribution in [0.2, 0.25) is 0 Å². The minimum absolute atomic E-state index is 0.183. The van der Waals surface area contributed by atoms with Crippen molar-refractivity contribution in [2.75, 3.05) is 6.54 Å². The summed E-state index contributed by atoms with van der Waals surface area (Å²) in [6.45, 7) is 3.69. The average Bonchev–Trinajstić information content (AvgIpc) is 3.58. The summed E-state index contributed by atoms with van der Waals surface area (Å²) >= 11 is 0. The lowest BCUT2D eigenvalue weighted by atomic mass is 10.1. The number of nitrogens with one attached hydrogen (secondary N) is 1. The maximum atomic E-state index is 12.9. The number of aryl methyl sites for hydroxylation is 1. The zero-order valence-electron chi connectivity index (χ0n) is 18.6. The molecule has 3 heterocycles. The fourth-order valence-corrected chi connectivity index (χ4v) is 4.88. The highest BCUT2D eigenvalue weighted by atomic mass is 16.2. The number of rotatable bonds is 6. The van der Waals surface area contributed by atoms with Gasteiger partial charge in [-0.2, -0.15) is 15.5 Å². The number of benzene rings is 2. The molecule has 5 rings (SSSR count). The van der Waals surface area contributed by atoms with E-state index in [1.165, 1.54) is 0 Å². The van der Waals surface area contributed by atoms with Gasteiger partial charge in [-0.05, 0) is 61.1 Å². The Kier molecular flexibility index (Phi) is 5.66. The molecule has 7 nitrogen and oxygen atoms in total. The van der Waals surface area contributed by atoms with E-state index in [1.54, 1.807) is 6.07 Å². The van der Waals surface area contributed by atoms with Gasteiger partial charge in [-0.25, -0.2) is 0 Å². The van der Waals surface area contributed by atoms with Crippen LogP contribution in [0.4, 0.5) is 0 Å². The molecule has 0 saturated carbocycles. The molecule has 7 heteroatoms. The number of amides is 1. The number of hydrogen-bond acceptors (Lipinski definition) is 4. The number of nitrogens with zero attached hydrogens (tertiary/aromatic N) is 5. The lowest BCUT2D eigenvalue weighted by Crippen LogP contribution is -2.34. The number of H-pyrrole nitrogens is 1. The summed E-state index contributed by atoms with van der Waals surface area (Å²) in [6.07, 6.45) is 7.72. The van der Waals surface area contributed by atoms with Crippen LogP contribution in [-0.4, -0.2) is 43.4 Å². The summed E-state index contributed by atoms with van der Waals surface area (Å²) in [4.78, 5) is 14.9. The Hall–Kier alpha value is -3.92. The molecule has 1 saturated heterocycles. The van der Waals surface area contributed by atoms with Crippen molar-refractivity contribution in [3.63, 3.8) is 0 Å². The summed E-state index contributed by atoms with van der Waals surface area (Å²) < 4.78 is 2.06. The number of fused-ring (bicyclic) bond motifs is 1. The number of aromatic nitrogens is 4. The molecular formula is C26H26N6O. The van der Waals surface area contributed by atoms with E-state index >= 15 is 0 Å². The molecule has 1 N–H and O–H groups in total. The van der Waals surface area contributed by atoms with Gasteiger partial charge in [0.05, 0.1) is 29.5 Å². The van der Waals surface area contributed by atoms with Gasteiger partial charge in [-0.3, -0.25) is 14.6 Å². The van der Waals surface area contributed by atoms with Crippen LogP contribution in [0.5, 0.6) is 0 Å². The zero-order valence-corrected chi connectivity index (χ0v) is 18.6. The average molecular weight is 439 g/mol. The first-order valence-electron chi connectivity index (χ1n) is 11.3. The summed E-state index contributed by atoms with van der Waals surface area (Å²) in [5.74, 6) is 0.560. The molecule has 1 aliphatic rings. The molecule has 1 amide bonds. The Labute approximate surface area is 192 Å². The molecule has 0 bridgehead atoms. The van der Waals surface area contributed by atoms with Gasteiger partial charge in [0.15, 0.2) is 0 Å². The summed E-state index contributed by atoms with van der Waals surface area (Å²) in [6, 6.07) is 16.2. The SMILES string of the molecule is C[C@H]1C[C@@H](Cn2ncc3cc(-c4cn[nH]c4)ccc32)CN1C(=O)CCc1cccc(C#N)c1. The summed E-state index contributed by atoms with van der Waals surface area (Å²) in [5, 5.41) is 21.7. The normalized spacial score (nSPS) is 18.0. The van der Waals surface area contributed by atoms with Gasteiger partial charge in [0.2, 0.25) is 5.91 Å². The first-order chi connectivity index (χ1) is 16.1. The van der Waals surface area contributed by atoms with Gasteiger partial charge in [-0.15, -0.1) is 0 Å². The number of carbonyl (C=O) groups excluding carboxylic acids is 1. The predicted molar refractivity (Wildman–Crippen MR) is 126 cm³/mol. The van der Waals surface area contributed by atoms with Crippen molar-refractivity contribution in [1.29, 1.82) is 5.26 Å². The van der Waals surface area contributed by atoms with Gasteiger partial charge < -0.3 is 4.90 Å². The molecule has 2 aromatic heterocycles. The number of nitriles is 1. The van der Waals surface area contributed by atoms with Crippen molar-refractivity contribution in [1.82, 2.24) is 24.9 Å². The predicted octanol–water partition coefficient (Wildman–Crippen LogP) is 4.17. The van der Waals surface area contributed by atoms with Crippen LogP contribution in [0.1, 0.15) is 30.9 Å². The van der Waals surface area contributed by atoms with Crippen LogP contribution in [0.25, 0.3) is 22.0 Å². The highest BCUT2D eigenvalue weighted by Crippen LogP contribution is 2.28. The minimum Gasteiger partial charge on any atom is -0.340 e. The second-order valence-electron chi connectivity index (χ2n) is 8.90. The largest absolute Gasteiger partial charge is 0.340 e. The van der Waals surface area contributed by atoms with Gasteiger partial charge in [0.25, 0.3) is 0 Å². The van der Waals surface area contributed by atoms with Crippen LogP contribution < -0.4 is 0 Å². The van der Waals surface area contributed by atoms with Crippen LogP contribution in [0.15, 0.2) is 61.1 Å². The Morgan fingerprint density at radius 2 is 2.12 bits per heavy atom. The molecule has 0 radical (unpaired) electrons. The molecular weight excluding hydrogens is 412 g/mol. The van der Waals surface area contributed by atoms with Crippen LogP contribution in [-0.2, 0) is 17.8 Å². The van der Waals surface area contributed by atoms with Crippen molar-refractivity contribution < 1.29 is 4.79 Å². The highest BCUT2D eigenvalue weighted by molar-refractivity contribution is 5.84. The third-order valence-electron chi connectivity index (χ3n) is 6.57. The quantitative estimate of drug-likeness (QED) is 0.489. The number of likely N-dealkylation sites (tertiary alicyclic amines) is 1. The van der Waals surface area contributed by atoms with E-state index in [0.29, 0.717) is 24.3 Å². The van der Waals surface area contributed by atoms with E-state index in [2.05, 4.69) is 51.2 Å². The third-order valence-corrected chi connectivity index (χ3v) is 6.57. The van der Waals surface area contributed by atoms with Crippen molar-refractivity contribution in [2.24, 2.45) is 5.92 Å². The Morgan fingerprint density at radius 3 is 2.94 bits per heavy atom. The molecule has 0 spiro atoms. The molecule has 4 aromatic rings. The summed E-state index contributed by atoms with van der Waals surface area (Å²) in [5.41, 5.74) is 4.95. The van der Waals surface area contributed by atoms with Gasteiger partial charge in [0.1, 0.15) is 0 Å². The molecule has 0 aliphatic carbocycles. The minimum atomic E-state index is 0.183. The number of carbonyl (C=O) groups is 1. The van der Waals surface area contributed by atoms with E-state index in [0.717, 1.165) is 47.1 Å². The number of hydrogen-bond donors (Lipinski definition) is 1. The van der Waals surface area contributed by atoms with E-state index in [9.17, 15) is 4.79 Å². The second kappa shape index (κ2) is 8.91. The zero-order chi connectivity index (χ0) is 22.8. The third kappa shape index (κ3) is 4.37. The van der Waals surface area contributed by atoms with Crippen LogP contribution in [0.3, 0.4) is 0 Å². The summed E-state index contributed by atoms with van der Waals surface area (Å²) in [7, 11) is 0. The Morgan fingerprint density at radius 1 is 1.21 bits per heavy atom. The van der Waals surface area contributed by atoms with Crippen LogP contribution >= 0.6 is 0 Å². The standard InChI is InChI=1S/C26H26N6O/c1-18-9-21(16-31(18)26(33)8-5-19-3-2-4-20(10-19)12-27)17-32-25-7-6-22(11-23(25)15-30-32)24-13-28-29-14-24/h2-4,6-7,10-11,13-15,18,21H,5,8-9,16-17H2,1H3,(H,28,29)/t18-,21+/m0/s1. The smallest absolute Gasteiger partial charge is 0.223 e. The van der Waals surface area contributed by atoms with E-state index in [-0.39, 0.29) is 11.9 Å². The van der Waals surface area contributed by atoms with Gasteiger partial charge in [-0.1, -0.05) is 18.2 Å². The van der Waals surface area contributed by atoms with Crippen LogP contribution in [0, 0.1) is 17.2 Å².